The summed E-state index contributed by atoms with van der Waals surface area (Å²) in [5.74, 6) is 1.47. The summed E-state index contributed by atoms with van der Waals surface area (Å²) in [5.41, 5.74) is 2.93. The number of hydrogen-bond donors (Lipinski definition) is 0. The molecule has 0 atom stereocenters. The van der Waals surface area contributed by atoms with Gasteiger partial charge < -0.3 is 12.4 Å². The Labute approximate surface area is 152 Å². The van der Waals surface area contributed by atoms with Gasteiger partial charge in [0, 0.05) is 0 Å². The monoisotopic (exact) mass is 428 g/mol. The van der Waals surface area contributed by atoms with Crippen LogP contribution in [-0.2, 0) is 12.8 Å². The van der Waals surface area contributed by atoms with Gasteiger partial charge in [-0.15, -0.1) is 0 Å². The van der Waals surface area contributed by atoms with Crippen molar-refractivity contribution in [3.05, 3.63) is 66.8 Å². The van der Waals surface area contributed by atoms with E-state index in [2.05, 4.69) is 76.2 Å². The quantitative estimate of drug-likeness (QED) is 0.530. The van der Waals surface area contributed by atoms with Crippen molar-refractivity contribution in [2.75, 3.05) is 0 Å². The summed E-state index contributed by atoms with van der Waals surface area (Å²) >= 11 is -0.0390. The second-order valence-corrected chi connectivity index (χ2v) is 9.57. The lowest BCUT2D eigenvalue weighted by atomic mass is 10.0. The average Bonchev–Trinajstić information content (AvgIpc) is 2.42. The Balaban J connectivity index is 0.00000242. The van der Waals surface area contributed by atoms with Crippen molar-refractivity contribution in [1.82, 2.24) is 0 Å². The Kier molecular flexibility index (Phi) is 8.48. The van der Waals surface area contributed by atoms with E-state index in [0.29, 0.717) is 0 Å². The van der Waals surface area contributed by atoms with Gasteiger partial charge in [-0.25, -0.2) is 0 Å². The first-order valence-electron chi connectivity index (χ1n) is 7.85. The first-order chi connectivity index (χ1) is 10.0. The highest BCUT2D eigenvalue weighted by Gasteiger charge is 2.15. The molecule has 120 valence electrons. The second kappa shape index (κ2) is 9.57. The second-order valence-electron chi connectivity index (χ2n) is 6.54. The fraction of sp³-hybridized carbons (Fsp3) is 0.400. The van der Waals surface area contributed by atoms with E-state index in [9.17, 15) is 0 Å². The molecule has 0 heterocycles. The Bertz CT molecular complexity index is 489. The predicted octanol–water partition coefficient (Wildman–Crippen LogP) is -0.784. The molecular formula is C20H26ClI. The summed E-state index contributed by atoms with van der Waals surface area (Å²) in [6.45, 7) is 9.11. The van der Waals surface area contributed by atoms with Crippen molar-refractivity contribution in [3.63, 3.8) is 0 Å². The number of hydrogen-bond acceptors (Lipinski definition) is 0. The van der Waals surface area contributed by atoms with E-state index in [1.807, 2.05) is 0 Å². The third-order valence-corrected chi connectivity index (χ3v) is 6.02. The largest absolute Gasteiger partial charge is 1.00 e. The van der Waals surface area contributed by atoms with Gasteiger partial charge in [0.2, 0.25) is 0 Å². The fourth-order valence-electron chi connectivity index (χ4n) is 2.44. The van der Waals surface area contributed by atoms with Crippen molar-refractivity contribution in [2.45, 2.75) is 40.5 Å². The zero-order valence-corrected chi connectivity index (χ0v) is 16.9. The molecule has 2 rings (SSSR count). The molecule has 0 aromatic heterocycles. The normalized spacial score (nSPS) is 10.8. The van der Waals surface area contributed by atoms with Crippen LogP contribution < -0.4 is 33.6 Å². The lowest BCUT2D eigenvalue weighted by Crippen LogP contribution is -3.61. The van der Waals surface area contributed by atoms with E-state index in [1.54, 1.807) is 0 Å². The van der Waals surface area contributed by atoms with Gasteiger partial charge in [-0.05, 0) is 60.1 Å². The van der Waals surface area contributed by atoms with Gasteiger partial charge in [-0.3, -0.25) is 0 Å². The maximum absolute atomic E-state index is 2.33. The highest BCUT2D eigenvalue weighted by atomic mass is 127. The van der Waals surface area contributed by atoms with E-state index >= 15 is 0 Å². The summed E-state index contributed by atoms with van der Waals surface area (Å²) in [4.78, 5) is 0. The molecule has 0 spiro atoms. The summed E-state index contributed by atoms with van der Waals surface area (Å²) in [6, 6.07) is 18.5. The molecule has 0 saturated heterocycles. The minimum atomic E-state index is -0.0390. The minimum absolute atomic E-state index is 0. The molecule has 0 amide bonds. The third kappa shape index (κ3) is 6.70. The predicted molar refractivity (Wildman–Crippen MR) is 87.4 cm³/mol. The molecule has 0 nitrogen and oxygen atoms in total. The van der Waals surface area contributed by atoms with Crippen molar-refractivity contribution in [2.24, 2.45) is 11.8 Å². The summed E-state index contributed by atoms with van der Waals surface area (Å²) in [5, 5.41) is 0. The highest BCUT2D eigenvalue weighted by Crippen LogP contribution is 2.07. The molecule has 0 bridgehead atoms. The molecular weight excluding hydrogens is 403 g/mol. The van der Waals surface area contributed by atoms with Crippen molar-refractivity contribution < 1.29 is 33.6 Å². The molecule has 0 saturated carbocycles. The van der Waals surface area contributed by atoms with Gasteiger partial charge in [-0.1, -0.05) is 52.0 Å². The molecule has 0 N–H and O–H groups in total. The smallest absolute Gasteiger partial charge is 0.357 e. The third-order valence-electron chi connectivity index (χ3n) is 3.33. The van der Waals surface area contributed by atoms with Crippen LogP contribution in [0.5, 0.6) is 0 Å². The van der Waals surface area contributed by atoms with Crippen LogP contribution in [0.3, 0.4) is 0 Å². The van der Waals surface area contributed by atoms with Crippen LogP contribution in [0.15, 0.2) is 48.5 Å². The van der Waals surface area contributed by atoms with E-state index in [1.165, 1.54) is 31.1 Å². The van der Waals surface area contributed by atoms with Gasteiger partial charge in [0.15, 0.2) is 7.14 Å². The van der Waals surface area contributed by atoms with Gasteiger partial charge in [0.25, 0.3) is 0 Å². The molecule has 22 heavy (non-hydrogen) atoms. The van der Waals surface area contributed by atoms with Crippen LogP contribution in [0.2, 0.25) is 0 Å². The topological polar surface area (TPSA) is 0 Å². The van der Waals surface area contributed by atoms with Gasteiger partial charge in [0.05, 0.1) is 0 Å². The number of halogens is 2. The molecule has 2 aromatic carbocycles. The lowest BCUT2D eigenvalue weighted by molar-refractivity contribution is -0.597. The molecule has 0 radical (unpaired) electrons. The van der Waals surface area contributed by atoms with E-state index in [-0.39, 0.29) is 33.6 Å². The maximum atomic E-state index is 2.33. The molecule has 2 aromatic rings. The average molecular weight is 429 g/mol. The summed E-state index contributed by atoms with van der Waals surface area (Å²) < 4.78 is 3.02. The van der Waals surface area contributed by atoms with Crippen LogP contribution in [0, 0.1) is 19.0 Å². The van der Waals surface area contributed by atoms with Crippen molar-refractivity contribution in [3.8, 4) is 0 Å². The summed E-state index contributed by atoms with van der Waals surface area (Å²) in [6.07, 6.45) is 2.37. The Morgan fingerprint density at radius 1 is 0.636 bits per heavy atom. The highest BCUT2D eigenvalue weighted by molar-refractivity contribution is 5.16. The molecule has 0 aliphatic rings. The van der Waals surface area contributed by atoms with Crippen LogP contribution in [0.4, 0.5) is 0 Å². The van der Waals surface area contributed by atoms with Gasteiger partial charge in [0.1, 0.15) is 0 Å². The molecule has 0 fully saturated rings. The Hall–Kier alpha value is -0.540. The van der Waals surface area contributed by atoms with Gasteiger partial charge in [-0.2, -0.15) is 0 Å². The zero-order chi connectivity index (χ0) is 15.2. The lowest BCUT2D eigenvalue weighted by Gasteiger charge is -2.04. The fourth-order valence-corrected chi connectivity index (χ4v) is 4.59. The molecule has 2 heteroatoms. The van der Waals surface area contributed by atoms with Gasteiger partial charge >= 0.3 is 21.2 Å². The first-order valence-corrected chi connectivity index (χ1v) is 10.0. The molecule has 0 unspecified atom stereocenters. The standard InChI is InChI=1S/C20H26I.ClH/c1-15(2)13-17-5-9-19(10-6-17)21-20-11-7-18(8-12-20)14-16(3)4;/h5-12,15-16H,13-14H2,1-4H3;1H/q+1;/p-1. The zero-order valence-electron chi connectivity index (χ0n) is 13.9. The van der Waals surface area contributed by atoms with Crippen LogP contribution in [0.25, 0.3) is 0 Å². The van der Waals surface area contributed by atoms with E-state index in [4.69, 9.17) is 0 Å². The van der Waals surface area contributed by atoms with Crippen molar-refractivity contribution >= 4 is 0 Å². The molecule has 0 aliphatic heterocycles. The first kappa shape index (κ1) is 19.5. The number of rotatable bonds is 6. The van der Waals surface area contributed by atoms with Crippen LogP contribution >= 0.6 is 0 Å². The Morgan fingerprint density at radius 2 is 0.955 bits per heavy atom. The van der Waals surface area contributed by atoms with Crippen LogP contribution in [-0.4, -0.2) is 0 Å². The Morgan fingerprint density at radius 3 is 1.23 bits per heavy atom. The van der Waals surface area contributed by atoms with E-state index < -0.39 is 0 Å². The number of benzene rings is 2. The molecule has 0 aliphatic carbocycles. The SMILES string of the molecule is CC(C)Cc1ccc([I+]c2ccc(CC(C)C)cc2)cc1.[Cl-]. The minimum Gasteiger partial charge on any atom is -1.00 e. The van der Waals surface area contributed by atoms with Crippen molar-refractivity contribution in [1.29, 1.82) is 0 Å². The maximum Gasteiger partial charge on any atom is 0.357 e. The van der Waals surface area contributed by atoms with Crippen LogP contribution in [0.1, 0.15) is 38.8 Å². The summed E-state index contributed by atoms with van der Waals surface area (Å²) in [7, 11) is 0. The van der Waals surface area contributed by atoms with E-state index in [0.717, 1.165) is 11.8 Å².